The van der Waals surface area contributed by atoms with Gasteiger partial charge < -0.3 is 9.84 Å². The average molecular weight is 256 g/mol. The summed E-state index contributed by atoms with van der Waals surface area (Å²) in [6.07, 6.45) is 2.95. The molecule has 4 heteroatoms. The predicted octanol–water partition coefficient (Wildman–Crippen LogP) is 2.09. The first-order valence-corrected chi connectivity index (χ1v) is 6.67. The van der Waals surface area contributed by atoms with Crippen LogP contribution in [0.1, 0.15) is 53.4 Å². The molecule has 0 amide bonds. The zero-order valence-corrected chi connectivity index (χ0v) is 11.8. The van der Waals surface area contributed by atoms with Crippen LogP contribution in [0.25, 0.3) is 0 Å². The Hall–Kier alpha value is -0.900. The number of carbonyl (C=O) groups excluding carboxylic acids is 2. The SMILES string of the molecule is CCOC(=O)C(C)(C)C(C)(O)C1CCCCC1=O. The molecule has 0 radical (unpaired) electrons. The molecule has 1 aliphatic carbocycles. The molecule has 0 aromatic rings. The van der Waals surface area contributed by atoms with Crippen molar-refractivity contribution < 1.29 is 19.4 Å². The fourth-order valence-electron chi connectivity index (χ4n) is 2.53. The van der Waals surface area contributed by atoms with Crippen molar-refractivity contribution in [2.45, 2.75) is 59.0 Å². The molecule has 1 N–H and O–H groups in total. The van der Waals surface area contributed by atoms with Crippen LogP contribution >= 0.6 is 0 Å². The molecule has 1 fully saturated rings. The van der Waals surface area contributed by atoms with Gasteiger partial charge in [0.05, 0.1) is 17.6 Å². The Bertz CT molecular complexity index is 331. The largest absolute Gasteiger partial charge is 0.465 e. The number of esters is 1. The second-order valence-corrected chi connectivity index (χ2v) is 5.76. The van der Waals surface area contributed by atoms with Crippen LogP contribution in [0.15, 0.2) is 0 Å². The molecule has 1 rings (SSSR count). The van der Waals surface area contributed by atoms with Gasteiger partial charge in [0, 0.05) is 12.3 Å². The quantitative estimate of drug-likeness (QED) is 0.782. The summed E-state index contributed by atoms with van der Waals surface area (Å²) in [5.74, 6) is -0.859. The van der Waals surface area contributed by atoms with Gasteiger partial charge in [0.15, 0.2) is 0 Å². The molecule has 0 aliphatic heterocycles. The molecular weight excluding hydrogens is 232 g/mol. The molecule has 0 saturated heterocycles. The van der Waals surface area contributed by atoms with Gasteiger partial charge in [0.25, 0.3) is 0 Å². The topological polar surface area (TPSA) is 63.6 Å². The van der Waals surface area contributed by atoms with Crippen molar-refractivity contribution in [2.75, 3.05) is 6.61 Å². The summed E-state index contributed by atoms with van der Waals surface area (Å²) in [5, 5.41) is 10.7. The van der Waals surface area contributed by atoms with E-state index in [1.54, 1.807) is 27.7 Å². The molecule has 0 heterocycles. The lowest BCUT2D eigenvalue weighted by Gasteiger charge is -2.44. The van der Waals surface area contributed by atoms with Crippen molar-refractivity contribution in [1.29, 1.82) is 0 Å². The minimum atomic E-state index is -1.36. The van der Waals surface area contributed by atoms with Crippen molar-refractivity contribution in [3.63, 3.8) is 0 Å². The van der Waals surface area contributed by atoms with Gasteiger partial charge in [-0.3, -0.25) is 9.59 Å². The van der Waals surface area contributed by atoms with Gasteiger partial charge in [-0.1, -0.05) is 6.42 Å². The summed E-state index contributed by atoms with van der Waals surface area (Å²) < 4.78 is 5.01. The van der Waals surface area contributed by atoms with Crippen LogP contribution in [0.3, 0.4) is 0 Å². The van der Waals surface area contributed by atoms with Crippen LogP contribution in [-0.4, -0.2) is 29.1 Å². The van der Waals surface area contributed by atoms with Crippen molar-refractivity contribution in [3.05, 3.63) is 0 Å². The van der Waals surface area contributed by atoms with Crippen molar-refractivity contribution in [2.24, 2.45) is 11.3 Å². The molecular formula is C14H24O4. The molecule has 0 aromatic heterocycles. The van der Waals surface area contributed by atoms with E-state index in [0.29, 0.717) is 12.8 Å². The van der Waals surface area contributed by atoms with E-state index in [1.807, 2.05) is 0 Å². The first-order chi connectivity index (χ1) is 8.25. The highest BCUT2D eigenvalue weighted by Gasteiger charge is 2.53. The maximum absolute atomic E-state index is 12.0. The predicted molar refractivity (Wildman–Crippen MR) is 68.0 cm³/mol. The van der Waals surface area contributed by atoms with E-state index in [0.717, 1.165) is 12.8 Å². The molecule has 1 aliphatic rings. The summed E-state index contributed by atoms with van der Waals surface area (Å²) in [6.45, 7) is 6.88. The number of rotatable bonds is 4. The maximum atomic E-state index is 12.0. The summed E-state index contributed by atoms with van der Waals surface area (Å²) >= 11 is 0. The van der Waals surface area contributed by atoms with E-state index in [-0.39, 0.29) is 12.4 Å². The second kappa shape index (κ2) is 5.39. The number of hydrogen-bond acceptors (Lipinski definition) is 4. The van der Waals surface area contributed by atoms with Crippen molar-refractivity contribution in [3.8, 4) is 0 Å². The highest BCUT2D eigenvalue weighted by atomic mass is 16.5. The number of ether oxygens (including phenoxy) is 1. The molecule has 104 valence electrons. The zero-order chi connectivity index (χ0) is 14.0. The van der Waals surface area contributed by atoms with Gasteiger partial charge in [-0.05, 0) is 40.5 Å². The molecule has 2 atom stereocenters. The normalized spacial score (nSPS) is 24.5. The number of carbonyl (C=O) groups is 2. The molecule has 4 nitrogen and oxygen atoms in total. The Morgan fingerprint density at radius 3 is 2.50 bits per heavy atom. The van der Waals surface area contributed by atoms with Crippen LogP contribution < -0.4 is 0 Å². The number of ketones is 1. The second-order valence-electron chi connectivity index (χ2n) is 5.76. The lowest BCUT2D eigenvalue weighted by atomic mass is 9.64. The van der Waals surface area contributed by atoms with Crippen LogP contribution in [0.2, 0.25) is 0 Å². The zero-order valence-electron chi connectivity index (χ0n) is 11.8. The number of aliphatic hydroxyl groups is 1. The summed E-state index contributed by atoms with van der Waals surface area (Å²) in [7, 11) is 0. The van der Waals surface area contributed by atoms with E-state index >= 15 is 0 Å². The Labute approximate surface area is 109 Å². The third-order valence-corrected chi connectivity index (χ3v) is 4.28. The third kappa shape index (κ3) is 2.58. The Morgan fingerprint density at radius 2 is 2.00 bits per heavy atom. The fourth-order valence-corrected chi connectivity index (χ4v) is 2.53. The van der Waals surface area contributed by atoms with E-state index in [2.05, 4.69) is 0 Å². The monoisotopic (exact) mass is 256 g/mol. The molecule has 2 unspecified atom stereocenters. The van der Waals surface area contributed by atoms with Gasteiger partial charge in [-0.25, -0.2) is 0 Å². The minimum Gasteiger partial charge on any atom is -0.465 e. The van der Waals surface area contributed by atoms with Crippen LogP contribution in [0, 0.1) is 11.3 Å². The van der Waals surface area contributed by atoms with Gasteiger partial charge in [-0.15, -0.1) is 0 Å². The van der Waals surface area contributed by atoms with Crippen LogP contribution in [0.5, 0.6) is 0 Å². The lowest BCUT2D eigenvalue weighted by molar-refractivity contribution is -0.179. The maximum Gasteiger partial charge on any atom is 0.314 e. The Balaban J connectivity index is 2.95. The molecule has 0 aromatic carbocycles. The van der Waals surface area contributed by atoms with Gasteiger partial charge in [-0.2, -0.15) is 0 Å². The van der Waals surface area contributed by atoms with Gasteiger partial charge >= 0.3 is 5.97 Å². The van der Waals surface area contributed by atoms with Crippen molar-refractivity contribution in [1.82, 2.24) is 0 Å². The van der Waals surface area contributed by atoms with E-state index in [9.17, 15) is 14.7 Å². The Morgan fingerprint density at radius 1 is 1.39 bits per heavy atom. The standard InChI is InChI=1S/C14H24O4/c1-5-18-12(16)13(2,3)14(4,17)10-8-6-7-9-11(10)15/h10,17H,5-9H2,1-4H3. The third-order valence-electron chi connectivity index (χ3n) is 4.28. The number of hydrogen-bond donors (Lipinski definition) is 1. The summed E-state index contributed by atoms with van der Waals surface area (Å²) in [6, 6.07) is 0. The number of Topliss-reactive ketones (excluding diaryl/α,β-unsaturated/α-hetero) is 1. The highest BCUT2D eigenvalue weighted by Crippen LogP contribution is 2.42. The summed E-state index contributed by atoms with van der Waals surface area (Å²) in [5.41, 5.74) is -2.45. The first-order valence-electron chi connectivity index (χ1n) is 6.67. The summed E-state index contributed by atoms with van der Waals surface area (Å²) in [4.78, 5) is 23.9. The van der Waals surface area contributed by atoms with E-state index < -0.39 is 22.9 Å². The minimum absolute atomic E-state index is 0.0589. The fraction of sp³-hybridized carbons (Fsp3) is 0.857. The van der Waals surface area contributed by atoms with Gasteiger partial charge in [0.1, 0.15) is 5.78 Å². The van der Waals surface area contributed by atoms with Crippen LogP contribution in [-0.2, 0) is 14.3 Å². The van der Waals surface area contributed by atoms with E-state index in [4.69, 9.17) is 4.74 Å². The van der Waals surface area contributed by atoms with Gasteiger partial charge in [0.2, 0.25) is 0 Å². The highest BCUT2D eigenvalue weighted by molar-refractivity contribution is 5.85. The Kier molecular flexibility index (Phi) is 4.54. The smallest absolute Gasteiger partial charge is 0.314 e. The first kappa shape index (κ1) is 15.2. The molecule has 18 heavy (non-hydrogen) atoms. The average Bonchev–Trinajstić information content (AvgIpc) is 2.29. The van der Waals surface area contributed by atoms with E-state index in [1.165, 1.54) is 0 Å². The van der Waals surface area contributed by atoms with Crippen molar-refractivity contribution >= 4 is 11.8 Å². The molecule has 0 bridgehead atoms. The molecule has 1 saturated carbocycles. The molecule has 0 spiro atoms. The van der Waals surface area contributed by atoms with Crippen LogP contribution in [0.4, 0.5) is 0 Å². The lowest BCUT2D eigenvalue weighted by Crippen LogP contribution is -2.55.